The molecule has 0 fully saturated rings. The van der Waals surface area contributed by atoms with E-state index >= 15 is 0 Å². The molecule has 0 spiro atoms. The lowest BCUT2D eigenvalue weighted by molar-refractivity contribution is -0.120. The molecule has 0 aliphatic heterocycles. The van der Waals surface area contributed by atoms with Crippen LogP contribution in [0.4, 0.5) is 0 Å². The molecular weight excluding hydrogens is 268 g/mol. The van der Waals surface area contributed by atoms with E-state index in [2.05, 4.69) is 24.5 Å². The second-order valence-corrected chi connectivity index (χ2v) is 6.52. The van der Waals surface area contributed by atoms with E-state index < -0.39 is 0 Å². The van der Waals surface area contributed by atoms with Crippen molar-refractivity contribution in [1.82, 2.24) is 10.6 Å². The average molecular weight is 289 g/mol. The second kappa shape index (κ2) is 7.77. The standard InChI is InChI=1S/C13H21ClN2OS/c1-9(2)6-7-15-13(17)8-16-10(3)11-4-5-12(14)18-11/h4-5,9-10,16H,6-8H2,1-3H3,(H,15,17). The van der Waals surface area contributed by atoms with Gasteiger partial charge >= 0.3 is 0 Å². The number of hydrogen-bond donors (Lipinski definition) is 2. The lowest BCUT2D eigenvalue weighted by Gasteiger charge is -2.12. The number of carbonyl (C=O) groups excluding carboxylic acids is 1. The number of thiophene rings is 1. The maximum absolute atomic E-state index is 11.6. The molecule has 1 heterocycles. The Morgan fingerprint density at radius 2 is 2.11 bits per heavy atom. The number of carbonyl (C=O) groups is 1. The average Bonchev–Trinajstić information content (AvgIpc) is 2.72. The Kier molecular flexibility index (Phi) is 6.68. The van der Waals surface area contributed by atoms with Crippen LogP contribution in [0.5, 0.6) is 0 Å². The van der Waals surface area contributed by atoms with Crippen LogP contribution in [0.1, 0.15) is 38.1 Å². The molecule has 1 unspecified atom stereocenters. The summed E-state index contributed by atoms with van der Waals surface area (Å²) in [7, 11) is 0. The summed E-state index contributed by atoms with van der Waals surface area (Å²) in [6.07, 6.45) is 1.02. The fourth-order valence-electron chi connectivity index (χ4n) is 1.47. The Morgan fingerprint density at radius 1 is 1.39 bits per heavy atom. The molecule has 3 nitrogen and oxygen atoms in total. The zero-order chi connectivity index (χ0) is 13.5. The van der Waals surface area contributed by atoms with E-state index in [1.165, 1.54) is 0 Å². The predicted octanol–water partition coefficient (Wildman–Crippen LogP) is 3.21. The van der Waals surface area contributed by atoms with Crippen molar-refractivity contribution in [2.75, 3.05) is 13.1 Å². The van der Waals surface area contributed by atoms with Crippen molar-refractivity contribution in [2.24, 2.45) is 5.92 Å². The summed E-state index contributed by atoms with van der Waals surface area (Å²) in [5.74, 6) is 0.663. The van der Waals surface area contributed by atoms with E-state index in [9.17, 15) is 4.79 Å². The molecule has 2 N–H and O–H groups in total. The van der Waals surface area contributed by atoms with Crippen LogP contribution < -0.4 is 10.6 Å². The van der Waals surface area contributed by atoms with Crippen LogP contribution in [-0.4, -0.2) is 19.0 Å². The van der Waals surface area contributed by atoms with Gasteiger partial charge in [0.25, 0.3) is 0 Å². The molecule has 102 valence electrons. The summed E-state index contributed by atoms with van der Waals surface area (Å²) in [4.78, 5) is 12.7. The molecule has 0 saturated heterocycles. The van der Waals surface area contributed by atoms with Gasteiger partial charge < -0.3 is 10.6 Å². The first-order chi connectivity index (χ1) is 8.49. The van der Waals surface area contributed by atoms with Gasteiger partial charge in [-0.2, -0.15) is 0 Å². The van der Waals surface area contributed by atoms with Crippen molar-refractivity contribution in [3.63, 3.8) is 0 Å². The first-order valence-corrected chi connectivity index (χ1v) is 7.43. The molecule has 1 aromatic rings. The minimum atomic E-state index is 0.0464. The second-order valence-electron chi connectivity index (χ2n) is 4.78. The minimum Gasteiger partial charge on any atom is -0.355 e. The van der Waals surface area contributed by atoms with Gasteiger partial charge in [0.2, 0.25) is 5.91 Å². The Hall–Kier alpha value is -0.580. The molecule has 0 saturated carbocycles. The van der Waals surface area contributed by atoms with Crippen LogP contribution in [0, 0.1) is 5.92 Å². The highest BCUT2D eigenvalue weighted by Gasteiger charge is 2.09. The maximum Gasteiger partial charge on any atom is 0.233 e. The number of hydrogen-bond acceptors (Lipinski definition) is 3. The monoisotopic (exact) mass is 288 g/mol. The van der Waals surface area contributed by atoms with Gasteiger partial charge in [-0.1, -0.05) is 25.4 Å². The van der Waals surface area contributed by atoms with Crippen molar-refractivity contribution in [3.05, 3.63) is 21.3 Å². The molecule has 1 aromatic heterocycles. The number of amides is 1. The predicted molar refractivity (Wildman–Crippen MR) is 78.2 cm³/mol. The Morgan fingerprint density at radius 3 is 2.67 bits per heavy atom. The first kappa shape index (κ1) is 15.5. The Balaban J connectivity index is 2.22. The van der Waals surface area contributed by atoms with E-state index in [4.69, 9.17) is 11.6 Å². The van der Waals surface area contributed by atoms with Crippen LogP contribution in [0.15, 0.2) is 12.1 Å². The molecule has 1 atom stereocenters. The van der Waals surface area contributed by atoms with Crippen molar-refractivity contribution in [2.45, 2.75) is 33.2 Å². The van der Waals surface area contributed by atoms with Crippen molar-refractivity contribution in [1.29, 1.82) is 0 Å². The quantitative estimate of drug-likeness (QED) is 0.809. The molecule has 18 heavy (non-hydrogen) atoms. The highest BCUT2D eigenvalue weighted by molar-refractivity contribution is 7.16. The molecule has 5 heteroatoms. The van der Waals surface area contributed by atoms with E-state index in [1.807, 2.05) is 19.1 Å². The van der Waals surface area contributed by atoms with Crippen molar-refractivity contribution >= 4 is 28.8 Å². The summed E-state index contributed by atoms with van der Waals surface area (Å²) in [6.45, 7) is 7.41. The van der Waals surface area contributed by atoms with Crippen LogP contribution in [0.3, 0.4) is 0 Å². The third kappa shape index (κ3) is 5.85. The van der Waals surface area contributed by atoms with Gasteiger partial charge in [0.15, 0.2) is 0 Å². The maximum atomic E-state index is 11.6. The van der Waals surface area contributed by atoms with Crippen molar-refractivity contribution in [3.8, 4) is 0 Å². The first-order valence-electron chi connectivity index (χ1n) is 6.24. The van der Waals surface area contributed by atoms with Gasteiger partial charge in [-0.05, 0) is 31.4 Å². The molecule has 0 radical (unpaired) electrons. The van der Waals surface area contributed by atoms with Gasteiger partial charge in [0, 0.05) is 17.5 Å². The van der Waals surface area contributed by atoms with Crippen LogP contribution in [-0.2, 0) is 4.79 Å². The highest BCUT2D eigenvalue weighted by Crippen LogP contribution is 2.26. The Labute approximate surface area is 118 Å². The van der Waals surface area contributed by atoms with Gasteiger partial charge in [-0.25, -0.2) is 0 Å². The van der Waals surface area contributed by atoms with E-state index in [-0.39, 0.29) is 11.9 Å². The largest absolute Gasteiger partial charge is 0.355 e. The number of rotatable bonds is 7. The third-order valence-corrected chi connectivity index (χ3v) is 4.05. The lowest BCUT2D eigenvalue weighted by atomic mass is 10.1. The zero-order valence-electron chi connectivity index (χ0n) is 11.1. The highest BCUT2D eigenvalue weighted by atomic mass is 35.5. The number of nitrogens with one attached hydrogen (secondary N) is 2. The topological polar surface area (TPSA) is 41.1 Å². The van der Waals surface area contributed by atoms with Gasteiger partial charge in [0.05, 0.1) is 10.9 Å². The van der Waals surface area contributed by atoms with Crippen molar-refractivity contribution < 1.29 is 4.79 Å². The van der Waals surface area contributed by atoms with Crippen LogP contribution >= 0.6 is 22.9 Å². The summed E-state index contributed by atoms with van der Waals surface area (Å²) in [5, 5.41) is 6.09. The molecular formula is C13H21ClN2OS. The Bertz CT molecular complexity index is 379. The summed E-state index contributed by atoms with van der Waals surface area (Å²) in [6, 6.07) is 4.02. The summed E-state index contributed by atoms with van der Waals surface area (Å²) in [5.41, 5.74) is 0. The fraction of sp³-hybridized carbons (Fsp3) is 0.615. The van der Waals surface area contributed by atoms with Gasteiger partial charge in [-0.3, -0.25) is 4.79 Å². The summed E-state index contributed by atoms with van der Waals surface area (Å²) >= 11 is 7.42. The fourth-order valence-corrected chi connectivity index (χ4v) is 2.56. The molecule has 0 aliphatic rings. The molecule has 0 aliphatic carbocycles. The van der Waals surface area contributed by atoms with Crippen LogP contribution in [0.25, 0.3) is 0 Å². The van der Waals surface area contributed by atoms with E-state index in [0.29, 0.717) is 12.5 Å². The van der Waals surface area contributed by atoms with Gasteiger partial charge in [0.1, 0.15) is 0 Å². The zero-order valence-corrected chi connectivity index (χ0v) is 12.7. The molecule has 1 rings (SSSR count). The summed E-state index contributed by atoms with van der Waals surface area (Å²) < 4.78 is 0.778. The van der Waals surface area contributed by atoms with Gasteiger partial charge in [-0.15, -0.1) is 11.3 Å². The smallest absolute Gasteiger partial charge is 0.233 e. The number of halogens is 1. The molecule has 1 amide bonds. The SMILES string of the molecule is CC(C)CCNC(=O)CNC(C)c1ccc(Cl)s1. The minimum absolute atomic E-state index is 0.0464. The third-order valence-electron chi connectivity index (χ3n) is 2.63. The molecule has 0 aromatic carbocycles. The van der Waals surface area contributed by atoms with E-state index in [1.54, 1.807) is 11.3 Å². The van der Waals surface area contributed by atoms with Crippen LogP contribution in [0.2, 0.25) is 4.34 Å². The lowest BCUT2D eigenvalue weighted by Crippen LogP contribution is -2.35. The normalized spacial score (nSPS) is 12.7. The molecule has 0 bridgehead atoms. The van der Waals surface area contributed by atoms with E-state index in [0.717, 1.165) is 22.2 Å².